The van der Waals surface area contributed by atoms with E-state index >= 15 is 0 Å². The Balaban J connectivity index is 2.47. The van der Waals surface area contributed by atoms with Crippen molar-refractivity contribution in [3.05, 3.63) is 58.2 Å². The highest BCUT2D eigenvalue weighted by Crippen LogP contribution is 2.28. The fraction of sp³-hybridized carbons (Fsp3) is 0.350. The molecule has 4 nitrogen and oxygen atoms in total. The average molecular weight is 326 g/mol. The number of hydrogen-bond acceptors (Lipinski definition) is 4. The number of ketones is 3. The molecule has 0 heterocycles. The first-order valence-electron chi connectivity index (χ1n) is 8.13. The minimum Gasteiger partial charge on any atom is -0.377 e. The molecular formula is C20H22O4. The van der Waals surface area contributed by atoms with E-state index in [-0.39, 0.29) is 24.0 Å². The summed E-state index contributed by atoms with van der Waals surface area (Å²) in [5, 5.41) is 0. The third-order valence-corrected chi connectivity index (χ3v) is 4.16. The Labute approximate surface area is 142 Å². The number of ether oxygens (including phenoxy) is 1. The van der Waals surface area contributed by atoms with Gasteiger partial charge in [0.05, 0.1) is 0 Å². The summed E-state index contributed by atoms with van der Waals surface area (Å²) in [6, 6.07) is 6.79. The van der Waals surface area contributed by atoms with E-state index in [9.17, 15) is 14.4 Å². The van der Waals surface area contributed by atoms with Crippen molar-refractivity contribution in [1.29, 1.82) is 0 Å². The number of allylic oxidation sites excluding steroid dienone is 3. The van der Waals surface area contributed by atoms with Crippen molar-refractivity contribution < 1.29 is 19.1 Å². The van der Waals surface area contributed by atoms with Crippen LogP contribution in [0.15, 0.2) is 47.1 Å². The Morgan fingerprint density at radius 1 is 1.12 bits per heavy atom. The van der Waals surface area contributed by atoms with E-state index in [1.165, 1.54) is 7.11 Å². The van der Waals surface area contributed by atoms with Gasteiger partial charge >= 0.3 is 0 Å². The second-order valence-electron chi connectivity index (χ2n) is 5.87. The summed E-state index contributed by atoms with van der Waals surface area (Å²) in [6.07, 6.45) is 3.93. The van der Waals surface area contributed by atoms with Crippen LogP contribution in [0.1, 0.15) is 53.8 Å². The molecule has 2 rings (SSSR count). The van der Waals surface area contributed by atoms with Gasteiger partial charge in [-0.05, 0) is 31.4 Å². The Bertz CT molecular complexity index is 738. The fourth-order valence-corrected chi connectivity index (χ4v) is 2.75. The van der Waals surface area contributed by atoms with Crippen LogP contribution in [-0.4, -0.2) is 31.1 Å². The largest absolute Gasteiger partial charge is 0.377 e. The van der Waals surface area contributed by atoms with Crippen LogP contribution in [0, 0.1) is 0 Å². The lowest BCUT2D eigenvalue weighted by Gasteiger charge is -2.18. The number of carbonyl (C=O) groups is 3. The summed E-state index contributed by atoms with van der Waals surface area (Å²) in [5.74, 6) is -0.516. The number of benzene rings is 1. The molecule has 0 amide bonds. The first kappa shape index (κ1) is 18.0. The molecule has 0 aliphatic heterocycles. The summed E-state index contributed by atoms with van der Waals surface area (Å²) >= 11 is 0. The topological polar surface area (TPSA) is 60.4 Å². The highest BCUT2D eigenvalue weighted by molar-refractivity contribution is 6.28. The minimum atomic E-state index is -0.207. The molecule has 1 aromatic rings. The van der Waals surface area contributed by atoms with Gasteiger partial charge in [0.25, 0.3) is 0 Å². The number of hydrogen-bond donors (Lipinski definition) is 0. The molecule has 0 saturated heterocycles. The Hall–Kier alpha value is -2.33. The molecule has 0 unspecified atom stereocenters. The first-order chi connectivity index (χ1) is 11.5. The third kappa shape index (κ3) is 3.60. The predicted octanol–water partition coefficient (Wildman–Crippen LogP) is 3.71. The number of rotatable bonds is 7. The number of unbranched alkanes of at least 4 members (excludes halogenated alkanes) is 1. The van der Waals surface area contributed by atoms with Crippen molar-refractivity contribution in [3.8, 4) is 0 Å². The normalized spacial score (nSPS) is 14.9. The zero-order valence-electron chi connectivity index (χ0n) is 14.3. The molecule has 1 aliphatic carbocycles. The van der Waals surface area contributed by atoms with Crippen LogP contribution in [0.3, 0.4) is 0 Å². The average Bonchev–Trinajstić information content (AvgIpc) is 2.59. The molecule has 0 fully saturated rings. The maximum Gasteiger partial charge on any atom is 0.194 e. The molecule has 0 atom stereocenters. The summed E-state index contributed by atoms with van der Waals surface area (Å²) in [5.41, 5.74) is 2.06. The zero-order chi connectivity index (χ0) is 17.7. The lowest BCUT2D eigenvalue weighted by atomic mass is 9.83. The van der Waals surface area contributed by atoms with Crippen molar-refractivity contribution in [1.82, 2.24) is 0 Å². The van der Waals surface area contributed by atoms with Crippen molar-refractivity contribution in [2.75, 3.05) is 13.7 Å². The fourth-order valence-electron chi connectivity index (χ4n) is 2.75. The van der Waals surface area contributed by atoms with Gasteiger partial charge in [0.2, 0.25) is 0 Å². The van der Waals surface area contributed by atoms with Crippen LogP contribution in [0.4, 0.5) is 0 Å². The monoisotopic (exact) mass is 326 g/mol. The maximum atomic E-state index is 12.8. The minimum absolute atomic E-state index is 0.0272. The Kier molecular flexibility index (Phi) is 5.99. The molecule has 0 aromatic heterocycles. The number of methoxy groups -OCH3 is 1. The van der Waals surface area contributed by atoms with Gasteiger partial charge in [-0.3, -0.25) is 14.4 Å². The quantitative estimate of drug-likeness (QED) is 0.717. The molecular weight excluding hydrogens is 304 g/mol. The van der Waals surface area contributed by atoms with Gasteiger partial charge in [0, 0.05) is 29.4 Å². The van der Waals surface area contributed by atoms with Gasteiger partial charge in [-0.25, -0.2) is 0 Å². The maximum absolute atomic E-state index is 12.8. The smallest absolute Gasteiger partial charge is 0.194 e. The highest BCUT2D eigenvalue weighted by Gasteiger charge is 2.29. The van der Waals surface area contributed by atoms with Crippen molar-refractivity contribution in [3.63, 3.8) is 0 Å². The molecule has 0 saturated carbocycles. The molecule has 4 heteroatoms. The van der Waals surface area contributed by atoms with Crippen molar-refractivity contribution >= 4 is 17.3 Å². The van der Waals surface area contributed by atoms with Gasteiger partial charge in [-0.15, -0.1) is 0 Å². The Morgan fingerprint density at radius 3 is 2.33 bits per heavy atom. The molecule has 0 radical (unpaired) electrons. The molecule has 126 valence electrons. The van der Waals surface area contributed by atoms with Gasteiger partial charge in [-0.2, -0.15) is 0 Å². The van der Waals surface area contributed by atoms with Gasteiger partial charge < -0.3 is 4.74 Å². The molecule has 0 bridgehead atoms. The van der Waals surface area contributed by atoms with Crippen LogP contribution in [-0.2, 0) is 9.53 Å². The van der Waals surface area contributed by atoms with Crippen LogP contribution in [0.25, 0.3) is 0 Å². The lowest BCUT2D eigenvalue weighted by Crippen LogP contribution is -2.21. The van der Waals surface area contributed by atoms with E-state index in [0.29, 0.717) is 34.3 Å². The summed E-state index contributed by atoms with van der Waals surface area (Å²) in [4.78, 5) is 37.5. The van der Waals surface area contributed by atoms with E-state index in [4.69, 9.17) is 4.74 Å². The highest BCUT2D eigenvalue weighted by atomic mass is 16.5. The molecule has 0 N–H and O–H groups in total. The summed E-state index contributed by atoms with van der Waals surface area (Å²) < 4.78 is 4.93. The van der Waals surface area contributed by atoms with E-state index in [0.717, 1.165) is 12.8 Å². The summed E-state index contributed by atoms with van der Waals surface area (Å²) in [6.45, 7) is 3.65. The number of Topliss-reactive ketones (excluding diaryl/α,β-unsaturated/α-hetero) is 3. The lowest BCUT2D eigenvalue weighted by molar-refractivity contribution is -0.119. The van der Waals surface area contributed by atoms with Crippen LogP contribution < -0.4 is 0 Å². The summed E-state index contributed by atoms with van der Waals surface area (Å²) in [7, 11) is 1.46. The standard InChI is InChI=1S/C20H22O4/c1-4-5-8-14(18(21)12-24-3)11-17-13(2)19(22)15-9-6-7-10-16(15)20(17)23/h6-7,9-11H,4-5,8,12H2,1-3H3. The molecule has 0 spiro atoms. The van der Waals surface area contributed by atoms with Crippen LogP contribution in [0.5, 0.6) is 0 Å². The SMILES string of the molecule is CCCCC(=CC1=C(C)C(=O)c2ccccc2C1=O)C(=O)COC. The van der Waals surface area contributed by atoms with E-state index in [2.05, 4.69) is 0 Å². The second-order valence-corrected chi connectivity index (χ2v) is 5.87. The zero-order valence-corrected chi connectivity index (χ0v) is 14.3. The molecule has 1 aromatic carbocycles. The second kappa shape index (κ2) is 7.97. The molecule has 1 aliphatic rings. The Morgan fingerprint density at radius 2 is 1.75 bits per heavy atom. The van der Waals surface area contributed by atoms with Crippen LogP contribution in [0.2, 0.25) is 0 Å². The first-order valence-corrected chi connectivity index (χ1v) is 8.13. The van der Waals surface area contributed by atoms with E-state index in [1.54, 1.807) is 37.3 Å². The molecule has 24 heavy (non-hydrogen) atoms. The van der Waals surface area contributed by atoms with Crippen molar-refractivity contribution in [2.24, 2.45) is 0 Å². The third-order valence-electron chi connectivity index (χ3n) is 4.16. The van der Waals surface area contributed by atoms with E-state index < -0.39 is 0 Å². The van der Waals surface area contributed by atoms with E-state index in [1.807, 2.05) is 6.92 Å². The number of fused-ring (bicyclic) bond motifs is 1. The number of carbonyl (C=O) groups excluding carboxylic acids is 3. The van der Waals surface area contributed by atoms with Gasteiger partial charge in [0.1, 0.15) is 6.61 Å². The van der Waals surface area contributed by atoms with Gasteiger partial charge in [0.15, 0.2) is 17.3 Å². The van der Waals surface area contributed by atoms with Crippen molar-refractivity contribution in [2.45, 2.75) is 33.1 Å². The predicted molar refractivity (Wildman–Crippen MR) is 92.3 cm³/mol. The van der Waals surface area contributed by atoms with Gasteiger partial charge in [-0.1, -0.05) is 37.6 Å². The van der Waals surface area contributed by atoms with Crippen LogP contribution >= 0.6 is 0 Å².